The van der Waals surface area contributed by atoms with Gasteiger partial charge in [-0.05, 0) is 116 Å². The minimum Gasteiger partial charge on any atom is -0.393 e. The van der Waals surface area contributed by atoms with Gasteiger partial charge in [0, 0.05) is 13.5 Å². The van der Waals surface area contributed by atoms with Crippen molar-refractivity contribution in [1.29, 1.82) is 0 Å². The maximum absolute atomic E-state index is 12.9. The molecule has 4 fully saturated rings. The second kappa shape index (κ2) is 10.8. The third-order valence-corrected chi connectivity index (χ3v) is 14.1. The SMILES string of the molecule is CC[C@H]1[C@@H](O)[C@@H]2[C@H](CC[C@]3(C)[C@@H](CCCC(=O)N(C)S(=O)(=O)c4ccccc4)CC[C@@H]23)[C@@]2(C)CC[C@@H](O)C[C@@H]12. The van der Waals surface area contributed by atoms with E-state index < -0.39 is 10.0 Å². The molecule has 10 atom stereocenters. The highest BCUT2D eigenvalue weighted by Crippen LogP contribution is 2.69. The van der Waals surface area contributed by atoms with E-state index >= 15 is 0 Å². The number of fused-ring (bicyclic) bond motifs is 5. The van der Waals surface area contributed by atoms with E-state index in [9.17, 15) is 23.4 Å². The molecule has 4 aliphatic carbocycles. The van der Waals surface area contributed by atoms with Gasteiger partial charge in [-0.15, -0.1) is 0 Å². The van der Waals surface area contributed by atoms with Crippen LogP contribution in [0.2, 0.25) is 0 Å². The van der Waals surface area contributed by atoms with Gasteiger partial charge in [0.05, 0.1) is 17.1 Å². The summed E-state index contributed by atoms with van der Waals surface area (Å²) in [6.45, 7) is 7.11. The first-order chi connectivity index (χ1) is 18.4. The van der Waals surface area contributed by atoms with E-state index in [0.29, 0.717) is 36.0 Å². The molecule has 0 heterocycles. The highest BCUT2D eigenvalue weighted by molar-refractivity contribution is 7.89. The molecule has 0 saturated heterocycles. The van der Waals surface area contributed by atoms with Crippen molar-refractivity contribution < 1.29 is 23.4 Å². The Morgan fingerprint density at radius 3 is 2.33 bits per heavy atom. The summed E-state index contributed by atoms with van der Waals surface area (Å²) in [7, 11) is -2.46. The largest absolute Gasteiger partial charge is 0.393 e. The normalized spacial score (nSPS) is 41.8. The van der Waals surface area contributed by atoms with Crippen LogP contribution >= 0.6 is 0 Å². The molecule has 0 spiro atoms. The van der Waals surface area contributed by atoms with Crippen LogP contribution in [0, 0.1) is 46.3 Å². The number of hydrogen-bond acceptors (Lipinski definition) is 5. The smallest absolute Gasteiger partial charge is 0.266 e. The fourth-order valence-corrected chi connectivity index (χ4v) is 11.3. The number of sulfonamides is 1. The third-order valence-electron chi connectivity index (χ3n) is 12.3. The maximum atomic E-state index is 12.9. The molecule has 4 saturated carbocycles. The molecular weight excluding hydrogens is 510 g/mol. The van der Waals surface area contributed by atoms with E-state index in [1.165, 1.54) is 19.2 Å². The summed E-state index contributed by atoms with van der Waals surface area (Å²) in [5.74, 6) is 2.13. The first-order valence-corrected chi connectivity index (χ1v) is 16.8. The lowest BCUT2D eigenvalue weighted by atomic mass is 9.41. The van der Waals surface area contributed by atoms with Crippen LogP contribution in [0.4, 0.5) is 0 Å². The lowest BCUT2D eigenvalue weighted by molar-refractivity contribution is -0.202. The minimum atomic E-state index is -3.82. The average molecular weight is 560 g/mol. The average Bonchev–Trinajstić information content (AvgIpc) is 3.26. The molecule has 4 aliphatic rings. The summed E-state index contributed by atoms with van der Waals surface area (Å²) in [5, 5.41) is 22.3. The van der Waals surface area contributed by atoms with Crippen molar-refractivity contribution in [3.8, 4) is 0 Å². The summed E-state index contributed by atoms with van der Waals surface area (Å²) in [5.41, 5.74) is 0.355. The van der Waals surface area contributed by atoms with E-state index in [0.717, 1.165) is 62.1 Å². The molecule has 5 rings (SSSR count). The van der Waals surface area contributed by atoms with E-state index in [2.05, 4.69) is 20.8 Å². The number of carbonyl (C=O) groups excluding carboxylic acids is 1. The van der Waals surface area contributed by atoms with Gasteiger partial charge in [-0.3, -0.25) is 4.79 Å². The van der Waals surface area contributed by atoms with Gasteiger partial charge in [0.1, 0.15) is 0 Å². The Morgan fingerprint density at radius 2 is 1.64 bits per heavy atom. The van der Waals surface area contributed by atoms with Crippen molar-refractivity contribution in [2.45, 2.75) is 109 Å². The molecule has 0 aromatic heterocycles. The standard InChI is InChI=1S/C32H49NO5S/c1-5-24-27-20-22(34)16-18-32(27,3)26-17-19-31(2)21(14-15-25(31)29(26)30(24)36)10-9-13-28(35)33(4)39(37,38)23-11-7-6-8-12-23/h6-8,11-12,21-22,24-27,29-30,34,36H,5,9-10,13-20H2,1-4H3/t21-,22+,24+,25-,26-,27-,29-,30+,31+,32+/m0/s1. The van der Waals surface area contributed by atoms with Crippen molar-refractivity contribution in [2.24, 2.45) is 46.3 Å². The summed E-state index contributed by atoms with van der Waals surface area (Å²) >= 11 is 0. The van der Waals surface area contributed by atoms with Crippen LogP contribution in [0.1, 0.15) is 91.4 Å². The van der Waals surface area contributed by atoms with E-state index in [1.54, 1.807) is 18.2 Å². The van der Waals surface area contributed by atoms with Gasteiger partial charge in [-0.1, -0.05) is 45.4 Å². The molecule has 218 valence electrons. The van der Waals surface area contributed by atoms with Crippen LogP contribution in [-0.2, 0) is 14.8 Å². The van der Waals surface area contributed by atoms with Crippen LogP contribution in [0.5, 0.6) is 0 Å². The number of amides is 1. The number of aliphatic hydroxyl groups is 2. The van der Waals surface area contributed by atoms with Crippen LogP contribution in [0.3, 0.4) is 0 Å². The zero-order valence-electron chi connectivity index (χ0n) is 24.3. The Bertz CT molecular complexity index is 1140. The van der Waals surface area contributed by atoms with Gasteiger partial charge in [0.15, 0.2) is 0 Å². The van der Waals surface area contributed by atoms with Gasteiger partial charge < -0.3 is 10.2 Å². The molecule has 1 aromatic rings. The van der Waals surface area contributed by atoms with Crippen molar-refractivity contribution in [3.05, 3.63) is 30.3 Å². The van der Waals surface area contributed by atoms with Crippen LogP contribution in [-0.4, -0.2) is 48.1 Å². The molecule has 39 heavy (non-hydrogen) atoms. The molecule has 0 radical (unpaired) electrons. The van der Waals surface area contributed by atoms with Crippen LogP contribution in [0.15, 0.2) is 35.2 Å². The van der Waals surface area contributed by atoms with Gasteiger partial charge in [0.25, 0.3) is 10.0 Å². The molecule has 6 nitrogen and oxygen atoms in total. The van der Waals surface area contributed by atoms with Crippen molar-refractivity contribution in [1.82, 2.24) is 4.31 Å². The first kappa shape index (κ1) is 29.1. The number of carbonyl (C=O) groups is 1. The zero-order chi connectivity index (χ0) is 28.2. The summed E-state index contributed by atoms with van der Waals surface area (Å²) in [6, 6.07) is 8.14. The second-order valence-electron chi connectivity index (χ2n) is 13.8. The number of aliphatic hydroxyl groups excluding tert-OH is 2. The third kappa shape index (κ3) is 4.78. The number of rotatable bonds is 7. The molecule has 2 N–H and O–H groups in total. The Labute approximate surface area is 235 Å². The summed E-state index contributed by atoms with van der Waals surface area (Å²) in [4.78, 5) is 13.0. The quantitative estimate of drug-likeness (QED) is 0.451. The van der Waals surface area contributed by atoms with Gasteiger partial charge in [0.2, 0.25) is 5.91 Å². The zero-order valence-corrected chi connectivity index (χ0v) is 25.1. The second-order valence-corrected chi connectivity index (χ2v) is 15.8. The Morgan fingerprint density at radius 1 is 0.974 bits per heavy atom. The van der Waals surface area contributed by atoms with Crippen molar-refractivity contribution in [2.75, 3.05) is 7.05 Å². The highest BCUT2D eigenvalue weighted by atomic mass is 32.2. The monoisotopic (exact) mass is 559 g/mol. The molecule has 0 bridgehead atoms. The molecule has 0 aliphatic heterocycles. The molecular formula is C32H49NO5S. The first-order valence-electron chi connectivity index (χ1n) is 15.4. The molecule has 1 aromatic carbocycles. The maximum Gasteiger partial charge on any atom is 0.266 e. The molecule has 1 amide bonds. The number of benzene rings is 1. The predicted molar refractivity (Wildman–Crippen MR) is 152 cm³/mol. The molecule has 7 heteroatoms. The fourth-order valence-electron chi connectivity index (χ4n) is 10.1. The summed E-state index contributed by atoms with van der Waals surface area (Å²) < 4.78 is 26.6. The van der Waals surface area contributed by atoms with Crippen LogP contribution in [0.25, 0.3) is 0 Å². The topological polar surface area (TPSA) is 94.9 Å². The van der Waals surface area contributed by atoms with Gasteiger partial charge in [-0.2, -0.15) is 0 Å². The van der Waals surface area contributed by atoms with E-state index in [1.807, 2.05) is 0 Å². The Hall–Kier alpha value is -1.44. The van der Waals surface area contributed by atoms with Gasteiger partial charge in [-0.25, -0.2) is 12.7 Å². The Kier molecular flexibility index (Phi) is 8.02. The number of hydrogen-bond donors (Lipinski definition) is 2. The minimum absolute atomic E-state index is 0.142. The van der Waals surface area contributed by atoms with Crippen molar-refractivity contribution >= 4 is 15.9 Å². The van der Waals surface area contributed by atoms with E-state index in [-0.39, 0.29) is 46.2 Å². The lowest BCUT2D eigenvalue weighted by Gasteiger charge is -2.64. The van der Waals surface area contributed by atoms with Gasteiger partial charge >= 0.3 is 0 Å². The number of nitrogens with zero attached hydrogens (tertiary/aromatic N) is 1. The highest BCUT2D eigenvalue weighted by Gasteiger charge is 2.64. The van der Waals surface area contributed by atoms with E-state index in [4.69, 9.17) is 0 Å². The fraction of sp³-hybridized carbons (Fsp3) is 0.781. The lowest BCUT2D eigenvalue weighted by Crippen LogP contribution is -2.62. The van der Waals surface area contributed by atoms with Crippen LogP contribution < -0.4 is 0 Å². The summed E-state index contributed by atoms with van der Waals surface area (Å²) in [6.07, 6.45) is 9.63. The van der Waals surface area contributed by atoms with Crippen molar-refractivity contribution in [3.63, 3.8) is 0 Å². The predicted octanol–water partition coefficient (Wildman–Crippen LogP) is 5.63. The molecule has 0 unspecified atom stereocenters. The Balaban J connectivity index is 1.25.